The molecule has 1 aromatic heterocycles. The van der Waals surface area contributed by atoms with E-state index in [-0.39, 0.29) is 5.91 Å². The van der Waals surface area contributed by atoms with Crippen LogP contribution in [0.1, 0.15) is 21.6 Å². The Morgan fingerprint density at radius 3 is 2.19 bits per heavy atom. The summed E-state index contributed by atoms with van der Waals surface area (Å²) in [4.78, 5) is 24.7. The number of amides is 1. The molecule has 152 valence electrons. The molecule has 0 spiro atoms. The first kappa shape index (κ1) is 19.5. The van der Waals surface area contributed by atoms with Crippen LogP contribution in [0.5, 0.6) is 0 Å². The third kappa shape index (κ3) is 3.94. The first-order valence-electron chi connectivity index (χ1n) is 10.2. The minimum absolute atomic E-state index is 0.0343. The van der Waals surface area contributed by atoms with Crippen molar-refractivity contribution in [2.75, 3.05) is 6.54 Å². The summed E-state index contributed by atoms with van der Waals surface area (Å²) in [6.45, 7) is 1.13. The number of benzene rings is 3. The lowest BCUT2D eigenvalue weighted by atomic mass is 9.98. The van der Waals surface area contributed by atoms with Gasteiger partial charge in [0, 0.05) is 46.8 Å². The van der Waals surface area contributed by atoms with Gasteiger partial charge in [-0.05, 0) is 36.4 Å². The summed E-state index contributed by atoms with van der Waals surface area (Å²) in [5.41, 5.74) is 5.53. The molecule has 5 heteroatoms. The molecule has 31 heavy (non-hydrogen) atoms. The molecule has 0 unspecified atom stereocenters. The number of carbonyl (C=O) groups is 1. The molecule has 2 heterocycles. The molecule has 4 nitrogen and oxygen atoms in total. The van der Waals surface area contributed by atoms with E-state index in [1.54, 1.807) is 0 Å². The van der Waals surface area contributed by atoms with Crippen molar-refractivity contribution in [3.8, 4) is 22.6 Å². The Bertz CT molecular complexity index is 1220. The number of halogens is 1. The van der Waals surface area contributed by atoms with Crippen molar-refractivity contribution in [2.45, 2.75) is 13.0 Å². The highest BCUT2D eigenvalue weighted by Gasteiger charge is 2.26. The average Bonchev–Trinajstić information content (AvgIpc) is 2.84. The molecular weight excluding hydrogens is 406 g/mol. The van der Waals surface area contributed by atoms with Gasteiger partial charge in [0.25, 0.3) is 5.91 Å². The second-order valence-electron chi connectivity index (χ2n) is 7.54. The Kier molecular flexibility index (Phi) is 5.23. The van der Waals surface area contributed by atoms with Crippen LogP contribution in [0.3, 0.4) is 0 Å². The van der Waals surface area contributed by atoms with Crippen LogP contribution >= 0.6 is 11.6 Å². The third-order valence-electron chi connectivity index (χ3n) is 5.52. The molecule has 0 aliphatic carbocycles. The summed E-state index contributed by atoms with van der Waals surface area (Å²) in [6.07, 6.45) is 0.691. The van der Waals surface area contributed by atoms with Gasteiger partial charge in [-0.3, -0.25) is 4.79 Å². The molecule has 1 aliphatic heterocycles. The van der Waals surface area contributed by atoms with Gasteiger partial charge in [-0.25, -0.2) is 9.97 Å². The molecule has 3 aromatic carbocycles. The molecule has 0 saturated heterocycles. The summed E-state index contributed by atoms with van der Waals surface area (Å²) in [5, 5.41) is 0.681. The number of fused-ring (bicyclic) bond motifs is 1. The predicted molar refractivity (Wildman–Crippen MR) is 123 cm³/mol. The van der Waals surface area contributed by atoms with E-state index in [0.29, 0.717) is 35.9 Å². The second kappa shape index (κ2) is 8.32. The molecule has 0 bridgehead atoms. The fourth-order valence-electron chi connectivity index (χ4n) is 3.91. The fourth-order valence-corrected chi connectivity index (χ4v) is 4.04. The maximum Gasteiger partial charge on any atom is 0.254 e. The number of rotatable bonds is 3. The SMILES string of the molecule is O=C(c1ccccc1)N1CCc2nc(-c3ccc(Cl)cc3)nc(-c3ccccc3)c2C1. The number of aromatic nitrogens is 2. The zero-order valence-electron chi connectivity index (χ0n) is 16.8. The highest BCUT2D eigenvalue weighted by molar-refractivity contribution is 6.30. The van der Waals surface area contributed by atoms with Gasteiger partial charge in [0.05, 0.1) is 11.4 Å². The molecule has 0 saturated carbocycles. The van der Waals surface area contributed by atoms with E-state index in [1.807, 2.05) is 89.8 Å². The lowest BCUT2D eigenvalue weighted by Gasteiger charge is -2.30. The van der Waals surface area contributed by atoms with Crippen molar-refractivity contribution in [1.82, 2.24) is 14.9 Å². The minimum Gasteiger partial charge on any atom is -0.334 e. The van der Waals surface area contributed by atoms with Crippen molar-refractivity contribution in [3.05, 3.63) is 107 Å². The van der Waals surface area contributed by atoms with Crippen LogP contribution in [0.25, 0.3) is 22.6 Å². The molecule has 5 rings (SSSR count). The van der Waals surface area contributed by atoms with Crippen LogP contribution in [0.4, 0.5) is 0 Å². The van der Waals surface area contributed by atoms with E-state index < -0.39 is 0 Å². The molecule has 1 amide bonds. The summed E-state index contributed by atoms with van der Waals surface area (Å²) in [6, 6.07) is 27.1. The Morgan fingerprint density at radius 1 is 0.806 bits per heavy atom. The van der Waals surface area contributed by atoms with Crippen molar-refractivity contribution < 1.29 is 4.79 Å². The number of nitrogens with zero attached hydrogens (tertiary/aromatic N) is 3. The van der Waals surface area contributed by atoms with E-state index in [1.165, 1.54) is 0 Å². The van der Waals surface area contributed by atoms with Gasteiger partial charge in [-0.15, -0.1) is 0 Å². The average molecular weight is 426 g/mol. The number of hydrogen-bond acceptors (Lipinski definition) is 3. The Balaban J connectivity index is 1.58. The first-order valence-corrected chi connectivity index (χ1v) is 10.6. The minimum atomic E-state index is 0.0343. The largest absolute Gasteiger partial charge is 0.334 e. The standard InChI is InChI=1S/C26H20ClN3O/c27-21-13-11-19(12-14-21)25-28-23-15-16-30(26(31)20-9-5-2-6-10-20)17-22(23)24(29-25)18-7-3-1-4-8-18/h1-14H,15-17H2. The summed E-state index contributed by atoms with van der Waals surface area (Å²) in [5.74, 6) is 0.712. The van der Waals surface area contributed by atoms with Crippen molar-refractivity contribution in [1.29, 1.82) is 0 Å². The molecule has 0 atom stereocenters. The van der Waals surface area contributed by atoms with Crippen LogP contribution in [0.15, 0.2) is 84.9 Å². The molecule has 4 aromatic rings. The lowest BCUT2D eigenvalue weighted by molar-refractivity contribution is 0.0734. The van der Waals surface area contributed by atoms with Gasteiger partial charge in [-0.1, -0.05) is 60.1 Å². The Labute approximate surface area is 186 Å². The van der Waals surface area contributed by atoms with Gasteiger partial charge < -0.3 is 4.90 Å². The zero-order chi connectivity index (χ0) is 21.2. The van der Waals surface area contributed by atoms with E-state index in [4.69, 9.17) is 21.6 Å². The van der Waals surface area contributed by atoms with Gasteiger partial charge >= 0.3 is 0 Å². The highest BCUT2D eigenvalue weighted by Crippen LogP contribution is 2.31. The summed E-state index contributed by atoms with van der Waals surface area (Å²) in [7, 11) is 0. The molecule has 1 aliphatic rings. The smallest absolute Gasteiger partial charge is 0.254 e. The van der Waals surface area contributed by atoms with E-state index in [2.05, 4.69) is 0 Å². The van der Waals surface area contributed by atoms with Crippen molar-refractivity contribution in [2.24, 2.45) is 0 Å². The lowest BCUT2D eigenvalue weighted by Crippen LogP contribution is -2.37. The van der Waals surface area contributed by atoms with Gasteiger partial charge in [0.1, 0.15) is 0 Å². The van der Waals surface area contributed by atoms with Crippen LogP contribution < -0.4 is 0 Å². The zero-order valence-corrected chi connectivity index (χ0v) is 17.6. The fraction of sp³-hybridized carbons (Fsp3) is 0.115. The van der Waals surface area contributed by atoms with Crippen LogP contribution in [0, 0.1) is 0 Å². The van der Waals surface area contributed by atoms with E-state index in [0.717, 1.165) is 28.1 Å². The van der Waals surface area contributed by atoms with Crippen LogP contribution in [0.2, 0.25) is 5.02 Å². The Hall–Kier alpha value is -3.50. The monoisotopic (exact) mass is 425 g/mol. The molecule has 0 radical (unpaired) electrons. The first-order chi connectivity index (χ1) is 15.2. The molecular formula is C26H20ClN3O. The van der Waals surface area contributed by atoms with Gasteiger partial charge in [-0.2, -0.15) is 0 Å². The van der Waals surface area contributed by atoms with Gasteiger partial charge in [0.15, 0.2) is 5.82 Å². The van der Waals surface area contributed by atoms with E-state index >= 15 is 0 Å². The molecule has 0 fully saturated rings. The summed E-state index contributed by atoms with van der Waals surface area (Å²) < 4.78 is 0. The number of hydrogen-bond donors (Lipinski definition) is 0. The maximum atomic E-state index is 13.1. The summed E-state index contributed by atoms with van der Waals surface area (Å²) >= 11 is 6.06. The van der Waals surface area contributed by atoms with Crippen molar-refractivity contribution in [3.63, 3.8) is 0 Å². The van der Waals surface area contributed by atoms with Gasteiger partial charge in [0.2, 0.25) is 0 Å². The predicted octanol–water partition coefficient (Wildman–Crippen LogP) is 5.66. The van der Waals surface area contributed by atoms with Crippen LogP contribution in [-0.4, -0.2) is 27.3 Å². The topological polar surface area (TPSA) is 46.1 Å². The van der Waals surface area contributed by atoms with Crippen molar-refractivity contribution >= 4 is 17.5 Å². The quantitative estimate of drug-likeness (QED) is 0.425. The maximum absolute atomic E-state index is 13.1. The van der Waals surface area contributed by atoms with Crippen LogP contribution in [-0.2, 0) is 13.0 Å². The highest BCUT2D eigenvalue weighted by atomic mass is 35.5. The normalized spacial score (nSPS) is 13.0. The second-order valence-corrected chi connectivity index (χ2v) is 7.97. The Morgan fingerprint density at radius 2 is 1.48 bits per heavy atom. The number of carbonyl (C=O) groups excluding carboxylic acids is 1. The third-order valence-corrected chi connectivity index (χ3v) is 5.77. The molecule has 0 N–H and O–H groups in total. The van der Waals surface area contributed by atoms with E-state index in [9.17, 15) is 4.79 Å².